The van der Waals surface area contributed by atoms with Crippen molar-refractivity contribution in [3.63, 3.8) is 0 Å². The van der Waals surface area contributed by atoms with E-state index in [0.29, 0.717) is 0 Å². The molecule has 0 bridgehead atoms. The van der Waals surface area contributed by atoms with Gasteiger partial charge in [-0.15, -0.1) is 0 Å². The molecular weight excluding hydrogens is 629 g/mol. The van der Waals surface area contributed by atoms with Crippen LogP contribution in [0.15, 0.2) is 194 Å². The first-order valence-corrected chi connectivity index (χ1v) is 17.9. The van der Waals surface area contributed by atoms with Gasteiger partial charge in [0.1, 0.15) is 0 Å². The highest BCUT2D eigenvalue weighted by molar-refractivity contribution is 6.29. The molecular formula is C50H32N2. The number of hydrogen-bond donors (Lipinski definition) is 0. The number of para-hydroxylation sites is 1. The molecule has 0 fully saturated rings. The fourth-order valence-electron chi connectivity index (χ4n) is 8.58. The van der Waals surface area contributed by atoms with Gasteiger partial charge in [-0.1, -0.05) is 146 Å². The Balaban J connectivity index is 1.27. The van der Waals surface area contributed by atoms with Gasteiger partial charge in [-0.05, 0) is 86.9 Å². The first-order chi connectivity index (χ1) is 25.8. The molecule has 2 heteroatoms. The van der Waals surface area contributed by atoms with Gasteiger partial charge in [-0.2, -0.15) is 0 Å². The number of benzene rings is 9. The minimum Gasteiger partial charge on any atom is -0.309 e. The summed E-state index contributed by atoms with van der Waals surface area (Å²) < 4.78 is 4.95. The molecule has 0 amide bonds. The van der Waals surface area contributed by atoms with E-state index in [9.17, 15) is 0 Å². The SMILES string of the molecule is c1ccc(-c2ccc3c(c2)c2c4c5ccccc5n(-c5ccc(-c6ccccc6)c6ccccc56)c4ccc2n3-c2ccc3ccccc3c2)cc1. The van der Waals surface area contributed by atoms with Crippen molar-refractivity contribution in [2.75, 3.05) is 0 Å². The number of nitrogens with zero attached hydrogens (tertiary/aromatic N) is 2. The van der Waals surface area contributed by atoms with Gasteiger partial charge < -0.3 is 9.13 Å². The molecule has 2 heterocycles. The van der Waals surface area contributed by atoms with Crippen molar-refractivity contribution in [3.8, 4) is 33.6 Å². The third-order valence-corrected chi connectivity index (χ3v) is 10.9. The quantitative estimate of drug-likeness (QED) is 0.178. The minimum atomic E-state index is 1.16. The molecule has 11 rings (SSSR count). The molecule has 242 valence electrons. The predicted octanol–water partition coefficient (Wildman–Crippen LogP) is 13.5. The number of aromatic nitrogens is 2. The summed E-state index contributed by atoms with van der Waals surface area (Å²) in [6, 6.07) is 71.0. The Labute approximate surface area is 301 Å². The first-order valence-electron chi connectivity index (χ1n) is 17.9. The molecule has 0 aliphatic carbocycles. The van der Waals surface area contributed by atoms with Gasteiger partial charge in [0.15, 0.2) is 0 Å². The Morgan fingerprint density at radius 1 is 0.288 bits per heavy atom. The molecule has 0 aliphatic rings. The van der Waals surface area contributed by atoms with Crippen molar-refractivity contribution in [1.29, 1.82) is 0 Å². The highest BCUT2D eigenvalue weighted by Crippen LogP contribution is 2.44. The smallest absolute Gasteiger partial charge is 0.0549 e. The summed E-state index contributed by atoms with van der Waals surface area (Å²) in [5, 5.41) is 10.0. The molecule has 0 spiro atoms. The Morgan fingerprint density at radius 3 is 1.69 bits per heavy atom. The topological polar surface area (TPSA) is 9.86 Å². The molecule has 0 radical (unpaired) electrons. The Kier molecular flexibility index (Phi) is 6.28. The molecule has 0 N–H and O–H groups in total. The largest absolute Gasteiger partial charge is 0.309 e. The molecule has 0 saturated carbocycles. The summed E-state index contributed by atoms with van der Waals surface area (Å²) in [6.07, 6.45) is 0. The van der Waals surface area contributed by atoms with Gasteiger partial charge in [0.25, 0.3) is 0 Å². The monoisotopic (exact) mass is 660 g/mol. The fraction of sp³-hybridized carbons (Fsp3) is 0. The average Bonchev–Trinajstić information content (AvgIpc) is 3.73. The van der Waals surface area contributed by atoms with Crippen molar-refractivity contribution in [1.82, 2.24) is 9.13 Å². The molecule has 52 heavy (non-hydrogen) atoms. The lowest BCUT2D eigenvalue weighted by Gasteiger charge is -2.15. The van der Waals surface area contributed by atoms with E-state index >= 15 is 0 Å². The first kappa shape index (κ1) is 28.9. The fourth-order valence-corrected chi connectivity index (χ4v) is 8.58. The Bertz CT molecular complexity index is 3160. The van der Waals surface area contributed by atoms with E-state index in [1.165, 1.54) is 93.1 Å². The lowest BCUT2D eigenvalue weighted by molar-refractivity contribution is 1.18. The summed E-state index contributed by atoms with van der Waals surface area (Å²) in [4.78, 5) is 0. The van der Waals surface area contributed by atoms with Crippen LogP contribution in [0.3, 0.4) is 0 Å². The molecule has 0 aliphatic heterocycles. The van der Waals surface area contributed by atoms with Crippen LogP contribution in [0.2, 0.25) is 0 Å². The maximum atomic E-state index is 2.49. The van der Waals surface area contributed by atoms with E-state index in [1.54, 1.807) is 0 Å². The van der Waals surface area contributed by atoms with E-state index in [0.717, 1.165) is 5.69 Å². The number of rotatable bonds is 4. The second kappa shape index (κ2) is 11.3. The van der Waals surface area contributed by atoms with Crippen molar-refractivity contribution >= 4 is 65.2 Å². The van der Waals surface area contributed by atoms with E-state index in [2.05, 4.69) is 203 Å². The van der Waals surface area contributed by atoms with Crippen molar-refractivity contribution in [2.24, 2.45) is 0 Å². The normalized spacial score (nSPS) is 11.8. The zero-order valence-corrected chi connectivity index (χ0v) is 28.4. The van der Waals surface area contributed by atoms with Crippen LogP contribution in [-0.2, 0) is 0 Å². The molecule has 2 nitrogen and oxygen atoms in total. The Morgan fingerprint density at radius 2 is 0.885 bits per heavy atom. The predicted molar refractivity (Wildman–Crippen MR) is 221 cm³/mol. The van der Waals surface area contributed by atoms with E-state index in [1.807, 2.05) is 0 Å². The molecule has 0 unspecified atom stereocenters. The Hall–Kier alpha value is -6.90. The van der Waals surface area contributed by atoms with E-state index < -0.39 is 0 Å². The zero-order chi connectivity index (χ0) is 34.2. The van der Waals surface area contributed by atoms with Crippen LogP contribution in [-0.4, -0.2) is 9.13 Å². The van der Waals surface area contributed by atoms with Crippen LogP contribution in [0, 0.1) is 0 Å². The number of hydrogen-bond acceptors (Lipinski definition) is 0. The van der Waals surface area contributed by atoms with Gasteiger partial charge in [0.05, 0.1) is 27.8 Å². The van der Waals surface area contributed by atoms with Crippen LogP contribution in [0.25, 0.3) is 98.8 Å². The van der Waals surface area contributed by atoms with Crippen LogP contribution in [0.1, 0.15) is 0 Å². The zero-order valence-electron chi connectivity index (χ0n) is 28.4. The van der Waals surface area contributed by atoms with E-state index in [-0.39, 0.29) is 0 Å². The van der Waals surface area contributed by atoms with Crippen molar-refractivity contribution in [2.45, 2.75) is 0 Å². The molecule has 2 aromatic heterocycles. The highest BCUT2D eigenvalue weighted by Gasteiger charge is 2.22. The van der Waals surface area contributed by atoms with Gasteiger partial charge >= 0.3 is 0 Å². The summed E-state index contributed by atoms with van der Waals surface area (Å²) in [7, 11) is 0. The third kappa shape index (κ3) is 4.25. The van der Waals surface area contributed by atoms with Crippen LogP contribution in [0.5, 0.6) is 0 Å². The maximum absolute atomic E-state index is 2.49. The van der Waals surface area contributed by atoms with Gasteiger partial charge in [-0.3, -0.25) is 0 Å². The van der Waals surface area contributed by atoms with Gasteiger partial charge in [-0.25, -0.2) is 0 Å². The molecule has 11 aromatic rings. The average molecular weight is 661 g/mol. The highest BCUT2D eigenvalue weighted by atomic mass is 15.0. The molecule has 0 atom stereocenters. The maximum Gasteiger partial charge on any atom is 0.0549 e. The summed E-state index contributed by atoms with van der Waals surface area (Å²) >= 11 is 0. The lowest BCUT2D eigenvalue weighted by atomic mass is 9.97. The van der Waals surface area contributed by atoms with Crippen LogP contribution >= 0.6 is 0 Å². The summed E-state index contributed by atoms with van der Waals surface area (Å²) in [5.41, 5.74) is 12.1. The van der Waals surface area contributed by atoms with Gasteiger partial charge in [0, 0.05) is 32.6 Å². The molecule has 9 aromatic carbocycles. The summed E-state index contributed by atoms with van der Waals surface area (Å²) in [5.74, 6) is 0. The van der Waals surface area contributed by atoms with Crippen LogP contribution in [0.4, 0.5) is 0 Å². The second-order valence-electron chi connectivity index (χ2n) is 13.7. The number of fused-ring (bicyclic) bond motifs is 9. The lowest BCUT2D eigenvalue weighted by Crippen LogP contribution is -1.97. The molecule has 0 saturated heterocycles. The second-order valence-corrected chi connectivity index (χ2v) is 13.7. The van der Waals surface area contributed by atoms with Crippen molar-refractivity contribution < 1.29 is 0 Å². The van der Waals surface area contributed by atoms with Crippen molar-refractivity contribution in [3.05, 3.63) is 194 Å². The third-order valence-electron chi connectivity index (χ3n) is 10.9. The van der Waals surface area contributed by atoms with E-state index in [4.69, 9.17) is 0 Å². The van der Waals surface area contributed by atoms with Gasteiger partial charge in [0.2, 0.25) is 0 Å². The summed E-state index contributed by atoms with van der Waals surface area (Å²) in [6.45, 7) is 0. The standard InChI is InChI=1S/C50H32N2/c1-3-13-33(14-4-1)37-24-27-46-43(32-37)50-47(51(46)38-25-23-34-15-7-8-18-36(34)31-38)29-30-48-49(50)42-21-11-12-22-44(42)52(48)45-28-26-39(35-16-5-2-6-17-35)40-19-9-10-20-41(40)45/h1-32H. The minimum absolute atomic E-state index is 1.16. The van der Waals surface area contributed by atoms with Crippen LogP contribution < -0.4 is 0 Å².